The van der Waals surface area contributed by atoms with Crippen LogP contribution in [-0.2, 0) is 6.18 Å². The van der Waals surface area contributed by atoms with Gasteiger partial charge in [0.2, 0.25) is 0 Å². The molecule has 0 saturated heterocycles. The van der Waals surface area contributed by atoms with Gasteiger partial charge < -0.3 is 5.32 Å². The molecule has 33 heavy (non-hydrogen) atoms. The molecule has 4 rings (SSSR count). The van der Waals surface area contributed by atoms with Crippen LogP contribution in [0.2, 0.25) is 0 Å². The number of aromatic nitrogens is 2. The minimum absolute atomic E-state index is 0.0646. The van der Waals surface area contributed by atoms with Crippen LogP contribution in [0.3, 0.4) is 0 Å². The highest BCUT2D eigenvalue weighted by Gasteiger charge is 2.34. The second-order valence-electron chi connectivity index (χ2n) is 7.18. The largest absolute Gasteiger partial charge is 0.417 e. The number of fused-ring (bicyclic) bond motifs is 1. The third-order valence-electron chi connectivity index (χ3n) is 4.95. The van der Waals surface area contributed by atoms with Gasteiger partial charge in [0, 0.05) is 23.0 Å². The molecule has 0 aliphatic heterocycles. The van der Waals surface area contributed by atoms with Crippen LogP contribution in [0, 0.1) is 30.1 Å². The maximum Gasteiger partial charge on any atom is 0.417 e. The summed E-state index contributed by atoms with van der Waals surface area (Å²) in [7, 11) is 0. The Bertz CT molecular complexity index is 1480. The minimum Gasteiger partial charge on any atom is -0.322 e. The summed E-state index contributed by atoms with van der Waals surface area (Å²) in [5.41, 5.74) is 1.43. The number of aryl methyl sites for hydroxylation is 1. The smallest absolute Gasteiger partial charge is 0.322 e. The van der Waals surface area contributed by atoms with Crippen LogP contribution < -0.4 is 5.32 Å². The van der Waals surface area contributed by atoms with Crippen molar-refractivity contribution in [2.75, 3.05) is 5.32 Å². The normalized spacial score (nSPS) is 10.9. The van der Waals surface area contributed by atoms with Crippen molar-refractivity contribution in [3.8, 4) is 17.9 Å². The number of alkyl halides is 3. The molecule has 8 heteroatoms. The number of benzene rings is 2. The van der Waals surface area contributed by atoms with E-state index in [9.17, 15) is 18.0 Å². The minimum atomic E-state index is -4.71. The topological polar surface area (TPSA) is 70.2 Å². The summed E-state index contributed by atoms with van der Waals surface area (Å²) >= 11 is 0. The van der Waals surface area contributed by atoms with Gasteiger partial charge >= 0.3 is 6.18 Å². The molecule has 0 aliphatic carbocycles. The van der Waals surface area contributed by atoms with Crippen molar-refractivity contribution >= 4 is 17.2 Å². The molecule has 5 nitrogen and oxygen atoms in total. The predicted octanol–water partition coefficient (Wildman–Crippen LogP) is 5.19. The molecular weight excluding hydrogens is 429 g/mol. The zero-order chi connectivity index (χ0) is 23.6. The Hall–Kier alpha value is -4.56. The van der Waals surface area contributed by atoms with Crippen LogP contribution in [0.1, 0.15) is 38.3 Å². The van der Waals surface area contributed by atoms with Crippen LogP contribution in [0.25, 0.3) is 5.65 Å². The Morgan fingerprint density at radius 2 is 1.88 bits per heavy atom. The molecule has 0 bridgehead atoms. The highest BCUT2D eigenvalue weighted by atomic mass is 19.4. The Morgan fingerprint density at radius 3 is 2.64 bits per heavy atom. The molecule has 0 spiro atoms. The van der Waals surface area contributed by atoms with Gasteiger partial charge in [-0.25, -0.2) is 4.98 Å². The summed E-state index contributed by atoms with van der Waals surface area (Å²) in [4.78, 5) is 17.0. The fraction of sp³-hybridized carbons (Fsp3) is 0.0800. The lowest BCUT2D eigenvalue weighted by molar-refractivity contribution is -0.137. The van der Waals surface area contributed by atoms with Crippen molar-refractivity contribution in [2.24, 2.45) is 0 Å². The van der Waals surface area contributed by atoms with Gasteiger partial charge in [-0.3, -0.25) is 9.20 Å². The molecule has 162 valence electrons. The van der Waals surface area contributed by atoms with E-state index in [1.807, 2.05) is 35.7 Å². The average molecular weight is 444 g/mol. The molecule has 0 atom stereocenters. The maximum atomic E-state index is 13.2. The molecule has 4 aromatic rings. The average Bonchev–Trinajstić information content (AvgIpc) is 3.21. The first-order valence-electron chi connectivity index (χ1n) is 9.74. The standard InChI is InChI=1S/C25H15F3N4O/c1-16-5-6-18(12-17(16)8-10-21-15-30-23-4-2-3-11-32(21)23)24(33)31-20-9-7-19(14-29)22(13-20)25(26,27)28/h2-7,9,11-13,15H,1H3,(H,31,33). The predicted molar refractivity (Wildman–Crippen MR) is 116 cm³/mol. The Kier molecular flexibility index (Phi) is 5.60. The van der Waals surface area contributed by atoms with Crippen molar-refractivity contribution in [3.05, 3.63) is 101 Å². The van der Waals surface area contributed by atoms with E-state index >= 15 is 0 Å². The zero-order valence-corrected chi connectivity index (χ0v) is 17.2. The van der Waals surface area contributed by atoms with Gasteiger partial charge in [0.15, 0.2) is 0 Å². The van der Waals surface area contributed by atoms with Crippen LogP contribution in [0.4, 0.5) is 18.9 Å². The summed E-state index contributed by atoms with van der Waals surface area (Å²) in [5, 5.41) is 11.4. The first kappa shape index (κ1) is 21.7. The van der Waals surface area contributed by atoms with E-state index in [0.717, 1.165) is 23.3 Å². The number of nitrogens with one attached hydrogen (secondary N) is 1. The molecule has 0 radical (unpaired) electrons. The number of carbonyl (C=O) groups is 1. The SMILES string of the molecule is Cc1ccc(C(=O)Nc2ccc(C#N)c(C(F)(F)F)c2)cc1C#Cc1cnc2ccccn12. The van der Waals surface area contributed by atoms with Crippen molar-refractivity contribution in [1.29, 1.82) is 5.26 Å². The third-order valence-corrected chi connectivity index (χ3v) is 4.95. The second kappa shape index (κ2) is 8.52. The molecule has 0 unspecified atom stereocenters. The third kappa shape index (κ3) is 4.56. The number of pyridine rings is 1. The lowest BCUT2D eigenvalue weighted by Crippen LogP contribution is -2.14. The first-order chi connectivity index (χ1) is 15.8. The number of nitrogens with zero attached hydrogens (tertiary/aromatic N) is 3. The molecular formula is C25H15F3N4O. The van der Waals surface area contributed by atoms with E-state index in [1.54, 1.807) is 24.4 Å². The van der Waals surface area contributed by atoms with Crippen LogP contribution in [-0.4, -0.2) is 15.3 Å². The van der Waals surface area contributed by atoms with E-state index in [4.69, 9.17) is 5.26 Å². The highest BCUT2D eigenvalue weighted by Crippen LogP contribution is 2.33. The van der Waals surface area contributed by atoms with Crippen LogP contribution >= 0.6 is 0 Å². The highest BCUT2D eigenvalue weighted by molar-refractivity contribution is 6.04. The molecule has 1 N–H and O–H groups in total. The summed E-state index contributed by atoms with van der Waals surface area (Å²) in [6, 6.07) is 15.0. The number of rotatable bonds is 2. The van der Waals surface area contributed by atoms with Crippen molar-refractivity contribution in [1.82, 2.24) is 9.38 Å². The fourth-order valence-corrected chi connectivity index (χ4v) is 3.21. The van der Waals surface area contributed by atoms with E-state index in [0.29, 0.717) is 11.3 Å². The van der Waals surface area contributed by atoms with Gasteiger partial charge in [0.25, 0.3) is 5.91 Å². The Labute approximate surface area is 187 Å². The van der Waals surface area contributed by atoms with E-state index in [-0.39, 0.29) is 11.3 Å². The van der Waals surface area contributed by atoms with E-state index in [2.05, 4.69) is 22.1 Å². The van der Waals surface area contributed by atoms with Gasteiger partial charge in [-0.2, -0.15) is 18.4 Å². The second-order valence-corrected chi connectivity index (χ2v) is 7.18. The number of amides is 1. The quantitative estimate of drug-likeness (QED) is 0.433. The number of hydrogen-bond donors (Lipinski definition) is 1. The number of anilines is 1. The number of halogens is 3. The number of imidazole rings is 1. The fourth-order valence-electron chi connectivity index (χ4n) is 3.21. The summed E-state index contributed by atoms with van der Waals surface area (Å²) in [5.74, 6) is 5.48. The lowest BCUT2D eigenvalue weighted by Gasteiger charge is -2.12. The van der Waals surface area contributed by atoms with Crippen molar-refractivity contribution in [3.63, 3.8) is 0 Å². The van der Waals surface area contributed by atoms with E-state index in [1.165, 1.54) is 12.1 Å². The molecule has 2 heterocycles. The van der Waals surface area contributed by atoms with Crippen molar-refractivity contribution < 1.29 is 18.0 Å². The van der Waals surface area contributed by atoms with Gasteiger partial charge in [0.05, 0.1) is 23.4 Å². The Morgan fingerprint density at radius 1 is 1.06 bits per heavy atom. The summed E-state index contributed by atoms with van der Waals surface area (Å²) in [6.07, 6.45) is -1.22. The lowest BCUT2D eigenvalue weighted by atomic mass is 10.0. The number of carbonyl (C=O) groups excluding carboxylic acids is 1. The molecule has 1 amide bonds. The van der Waals surface area contributed by atoms with Gasteiger partial charge in [-0.05, 0) is 60.9 Å². The van der Waals surface area contributed by atoms with E-state index < -0.39 is 23.2 Å². The molecule has 0 fully saturated rings. The molecule has 0 saturated carbocycles. The monoisotopic (exact) mass is 444 g/mol. The van der Waals surface area contributed by atoms with Gasteiger partial charge in [0.1, 0.15) is 11.3 Å². The summed E-state index contributed by atoms with van der Waals surface area (Å²) in [6.45, 7) is 1.84. The van der Waals surface area contributed by atoms with Crippen LogP contribution in [0.5, 0.6) is 0 Å². The number of nitriles is 1. The van der Waals surface area contributed by atoms with Crippen molar-refractivity contribution in [2.45, 2.75) is 13.1 Å². The molecule has 2 aromatic carbocycles. The van der Waals surface area contributed by atoms with Crippen LogP contribution in [0.15, 0.2) is 67.0 Å². The summed E-state index contributed by atoms with van der Waals surface area (Å²) < 4.78 is 41.4. The van der Waals surface area contributed by atoms with Gasteiger partial charge in [-0.15, -0.1) is 0 Å². The Balaban J connectivity index is 1.61. The molecule has 2 aromatic heterocycles. The van der Waals surface area contributed by atoms with Gasteiger partial charge in [-0.1, -0.05) is 18.1 Å². The molecule has 0 aliphatic rings. The zero-order valence-electron chi connectivity index (χ0n) is 17.2. The number of hydrogen-bond acceptors (Lipinski definition) is 3. The first-order valence-corrected chi connectivity index (χ1v) is 9.74. The maximum absolute atomic E-state index is 13.2.